The minimum atomic E-state index is -4.91. The van der Waals surface area contributed by atoms with Crippen LogP contribution in [0.1, 0.15) is 35.1 Å². The number of aromatic nitrogens is 2. The minimum absolute atomic E-state index is 0.00630. The molecule has 0 radical (unpaired) electrons. The number of primary amides is 1. The molecule has 1 atom stereocenters. The van der Waals surface area contributed by atoms with Crippen molar-refractivity contribution in [3.8, 4) is 0 Å². The van der Waals surface area contributed by atoms with Crippen LogP contribution in [0.5, 0.6) is 0 Å². The predicted molar refractivity (Wildman–Crippen MR) is 91.8 cm³/mol. The van der Waals surface area contributed by atoms with Gasteiger partial charge in [-0.2, -0.15) is 13.2 Å². The van der Waals surface area contributed by atoms with E-state index in [0.717, 1.165) is 31.1 Å². The molecule has 1 fully saturated rings. The van der Waals surface area contributed by atoms with E-state index in [0.29, 0.717) is 6.54 Å². The Labute approximate surface area is 148 Å². The Morgan fingerprint density at radius 2 is 2.12 bits per heavy atom. The Bertz CT molecular complexity index is 862. The molecule has 26 heavy (non-hydrogen) atoms. The normalized spacial score (nSPS) is 20.9. The first-order valence-electron chi connectivity index (χ1n) is 8.33. The van der Waals surface area contributed by atoms with Gasteiger partial charge in [0.15, 0.2) is 11.5 Å². The van der Waals surface area contributed by atoms with E-state index in [1.54, 1.807) is 0 Å². The molecule has 1 aliphatic heterocycles. The van der Waals surface area contributed by atoms with Crippen LogP contribution in [0.3, 0.4) is 0 Å². The number of hydrogen-bond donors (Lipinski definition) is 2. The highest BCUT2D eigenvalue weighted by molar-refractivity contribution is 6.75. The number of nitrogens with zero attached hydrogens (tertiary/aromatic N) is 2. The molecule has 3 heterocycles. The van der Waals surface area contributed by atoms with Crippen molar-refractivity contribution < 1.29 is 22.4 Å². The third-order valence-corrected chi connectivity index (χ3v) is 7.64. The number of carbonyl (C=O) groups is 1. The Hall–Kier alpha value is -1.94. The highest BCUT2D eigenvalue weighted by Crippen LogP contribution is 2.36. The van der Waals surface area contributed by atoms with Gasteiger partial charge in [-0.1, -0.05) is 19.5 Å². The summed E-state index contributed by atoms with van der Waals surface area (Å²) in [6.45, 7) is 4.93. The van der Waals surface area contributed by atoms with E-state index in [1.807, 2.05) is 0 Å². The quantitative estimate of drug-likeness (QED) is 0.612. The number of carbonyl (C=O) groups excluding carboxylic acids is 1. The van der Waals surface area contributed by atoms with Crippen LogP contribution in [0.2, 0.25) is 19.1 Å². The molecule has 0 aromatic carbocycles. The summed E-state index contributed by atoms with van der Waals surface area (Å²) in [6, 6.07) is 1.93. The topological polar surface area (TPSA) is 72.9 Å². The van der Waals surface area contributed by atoms with Crippen LogP contribution in [-0.4, -0.2) is 30.2 Å². The summed E-state index contributed by atoms with van der Waals surface area (Å²) in [4.78, 5) is 18.7. The van der Waals surface area contributed by atoms with E-state index < -0.39 is 31.8 Å². The fraction of sp³-hybridized carbons (Fsp3) is 0.500. The van der Waals surface area contributed by atoms with Crippen LogP contribution < -0.4 is 10.7 Å². The van der Waals surface area contributed by atoms with E-state index in [1.165, 1.54) is 4.57 Å². The van der Waals surface area contributed by atoms with Gasteiger partial charge in [0, 0.05) is 18.0 Å². The van der Waals surface area contributed by atoms with Gasteiger partial charge in [-0.3, -0.25) is 4.79 Å². The van der Waals surface area contributed by atoms with Gasteiger partial charge in [0.05, 0.1) is 11.7 Å². The highest BCUT2D eigenvalue weighted by Gasteiger charge is 2.38. The Balaban J connectivity index is 2.16. The zero-order chi connectivity index (χ0) is 19.3. The van der Waals surface area contributed by atoms with Crippen LogP contribution >= 0.6 is 0 Å². The summed E-state index contributed by atoms with van der Waals surface area (Å²) < 4.78 is 54.8. The second kappa shape index (κ2) is 6.34. The summed E-state index contributed by atoms with van der Waals surface area (Å²) in [5.74, 6) is -2.29. The third-order valence-electron chi connectivity index (χ3n) is 4.88. The SMILES string of the molecule is C[Si]1(C)CCCC(n2c(C(N)=O)cc3c(F)c(C(F)(F)F)ncc32)CN1. The molecule has 1 saturated heterocycles. The van der Waals surface area contributed by atoms with Crippen LogP contribution in [0.4, 0.5) is 17.6 Å². The van der Waals surface area contributed by atoms with Gasteiger partial charge in [0.25, 0.3) is 5.91 Å². The van der Waals surface area contributed by atoms with Gasteiger partial charge in [0.2, 0.25) is 0 Å². The fourth-order valence-corrected chi connectivity index (χ4v) is 5.58. The van der Waals surface area contributed by atoms with Crippen molar-refractivity contribution in [1.82, 2.24) is 14.5 Å². The predicted octanol–water partition coefficient (Wildman–Crippen LogP) is 3.42. The molecule has 2 aromatic rings. The first kappa shape index (κ1) is 18.8. The van der Waals surface area contributed by atoms with Crippen LogP contribution in [0.15, 0.2) is 12.3 Å². The number of fused-ring (bicyclic) bond motifs is 1. The summed E-state index contributed by atoms with van der Waals surface area (Å²) in [5.41, 5.74) is 3.97. The number of nitrogens with one attached hydrogen (secondary N) is 1. The molecule has 142 valence electrons. The van der Waals surface area contributed by atoms with Crippen molar-refractivity contribution in [3.05, 3.63) is 29.5 Å². The van der Waals surface area contributed by atoms with Crippen molar-refractivity contribution >= 4 is 25.0 Å². The number of nitrogens with two attached hydrogens (primary N) is 1. The van der Waals surface area contributed by atoms with Crippen molar-refractivity contribution in [2.75, 3.05) is 6.54 Å². The van der Waals surface area contributed by atoms with Crippen LogP contribution in [0, 0.1) is 5.82 Å². The van der Waals surface area contributed by atoms with Gasteiger partial charge in [0.1, 0.15) is 13.9 Å². The number of amides is 1. The molecular formula is C16H20F4N4OSi. The molecule has 0 spiro atoms. The monoisotopic (exact) mass is 388 g/mol. The van der Waals surface area contributed by atoms with Crippen molar-refractivity contribution in [3.63, 3.8) is 0 Å². The fourth-order valence-electron chi connectivity index (χ4n) is 3.52. The van der Waals surface area contributed by atoms with E-state index in [9.17, 15) is 22.4 Å². The first-order chi connectivity index (χ1) is 12.0. The van der Waals surface area contributed by atoms with E-state index in [4.69, 9.17) is 5.73 Å². The molecule has 0 saturated carbocycles. The molecule has 10 heteroatoms. The Kier molecular flexibility index (Phi) is 4.59. The zero-order valence-electron chi connectivity index (χ0n) is 14.5. The molecule has 1 aliphatic rings. The third kappa shape index (κ3) is 3.35. The number of pyridine rings is 1. The molecular weight excluding hydrogens is 368 g/mol. The Morgan fingerprint density at radius 1 is 1.42 bits per heavy atom. The summed E-state index contributed by atoms with van der Waals surface area (Å²) in [7, 11) is -1.57. The first-order valence-corrected chi connectivity index (χ1v) is 11.5. The van der Waals surface area contributed by atoms with Crippen molar-refractivity contribution in [2.45, 2.75) is 44.2 Å². The summed E-state index contributed by atoms with van der Waals surface area (Å²) >= 11 is 0. The molecule has 0 aliphatic carbocycles. The van der Waals surface area contributed by atoms with Gasteiger partial charge in [-0.25, -0.2) is 9.37 Å². The smallest absolute Gasteiger partial charge is 0.364 e. The molecule has 3 rings (SSSR count). The van der Waals surface area contributed by atoms with Gasteiger partial charge in [-0.05, 0) is 18.5 Å². The maximum atomic E-state index is 14.4. The Morgan fingerprint density at radius 3 is 2.73 bits per heavy atom. The molecule has 1 unspecified atom stereocenters. The van der Waals surface area contributed by atoms with Crippen LogP contribution in [-0.2, 0) is 6.18 Å². The maximum Gasteiger partial charge on any atom is 0.436 e. The lowest BCUT2D eigenvalue weighted by Crippen LogP contribution is -2.45. The summed E-state index contributed by atoms with van der Waals surface area (Å²) in [5, 5.41) is -0.290. The maximum absolute atomic E-state index is 14.4. The molecule has 5 nitrogen and oxygen atoms in total. The van der Waals surface area contributed by atoms with Gasteiger partial charge in [-0.15, -0.1) is 0 Å². The largest absolute Gasteiger partial charge is 0.436 e. The number of hydrogen-bond acceptors (Lipinski definition) is 3. The van der Waals surface area contributed by atoms with Crippen molar-refractivity contribution in [1.29, 1.82) is 0 Å². The summed E-state index contributed by atoms with van der Waals surface area (Å²) in [6.07, 6.45) is -2.31. The average Bonchev–Trinajstić information content (AvgIpc) is 2.81. The minimum Gasteiger partial charge on any atom is -0.364 e. The van der Waals surface area contributed by atoms with Crippen molar-refractivity contribution in [2.24, 2.45) is 5.73 Å². The molecule has 1 amide bonds. The van der Waals surface area contributed by atoms with E-state index in [-0.39, 0.29) is 22.6 Å². The average molecular weight is 388 g/mol. The highest BCUT2D eigenvalue weighted by atomic mass is 28.3. The standard InChI is InChI=1S/C16H20F4N4OSi/c1-26(2)5-3-4-9(7-23-26)24-11(15(21)25)6-10-12(24)8-22-14(13(10)17)16(18,19)20/h6,8-9,23H,3-5,7H2,1-2H3,(H2,21,25). The molecule has 3 N–H and O–H groups in total. The molecule has 0 bridgehead atoms. The zero-order valence-corrected chi connectivity index (χ0v) is 15.5. The number of rotatable bonds is 2. The second-order valence-electron chi connectivity index (χ2n) is 7.29. The lowest BCUT2D eigenvalue weighted by atomic mass is 10.1. The second-order valence-corrected chi connectivity index (χ2v) is 11.9. The lowest BCUT2D eigenvalue weighted by molar-refractivity contribution is -0.143. The number of alkyl halides is 3. The molecule has 2 aromatic heterocycles. The van der Waals surface area contributed by atoms with Gasteiger partial charge >= 0.3 is 6.18 Å². The van der Waals surface area contributed by atoms with Crippen LogP contribution in [0.25, 0.3) is 10.9 Å². The number of halogens is 4. The van der Waals surface area contributed by atoms with Gasteiger partial charge < -0.3 is 15.3 Å². The lowest BCUT2D eigenvalue weighted by Gasteiger charge is -2.24. The van der Waals surface area contributed by atoms with E-state index in [2.05, 4.69) is 23.1 Å². The van der Waals surface area contributed by atoms with E-state index >= 15 is 0 Å².